The van der Waals surface area contributed by atoms with E-state index in [1.165, 1.54) is 12.8 Å². The van der Waals surface area contributed by atoms with Crippen molar-refractivity contribution in [3.8, 4) is 0 Å². The molecule has 0 bridgehead atoms. The summed E-state index contributed by atoms with van der Waals surface area (Å²) in [5.74, 6) is 1.18. The normalized spacial score (nSPS) is 16.5. The number of hydrogen-bond acceptors (Lipinski definition) is 5. The Kier molecular flexibility index (Phi) is 6.21. The number of nitrogens with zero attached hydrogens (tertiary/aromatic N) is 5. The molecule has 0 amide bonds. The minimum Gasteiger partial charge on any atom is -0.322 e. The highest BCUT2D eigenvalue weighted by Gasteiger charge is 2.37. The van der Waals surface area contributed by atoms with Crippen LogP contribution >= 0.6 is 0 Å². The van der Waals surface area contributed by atoms with Crippen LogP contribution in [0.25, 0.3) is 10.9 Å². The lowest BCUT2D eigenvalue weighted by molar-refractivity contribution is 0.0802. The van der Waals surface area contributed by atoms with Crippen LogP contribution in [0.2, 0.25) is 0 Å². The molecule has 0 spiro atoms. The van der Waals surface area contributed by atoms with Crippen molar-refractivity contribution in [1.82, 2.24) is 30.1 Å². The third-order valence-electron chi connectivity index (χ3n) is 6.61. The molecule has 2 heterocycles. The average molecular weight is 437 g/mol. The van der Waals surface area contributed by atoms with Crippen molar-refractivity contribution in [3.05, 3.63) is 51.6 Å². The smallest absolute Gasteiger partial charge is 0.252 e. The van der Waals surface area contributed by atoms with Crippen molar-refractivity contribution in [2.24, 2.45) is 5.92 Å². The molecule has 0 saturated heterocycles. The van der Waals surface area contributed by atoms with Crippen molar-refractivity contribution >= 4 is 10.9 Å². The fourth-order valence-electron chi connectivity index (χ4n) is 5.05. The van der Waals surface area contributed by atoms with Gasteiger partial charge in [-0.25, -0.2) is 4.68 Å². The van der Waals surface area contributed by atoms with E-state index in [-0.39, 0.29) is 17.1 Å². The zero-order chi connectivity index (χ0) is 23.0. The van der Waals surface area contributed by atoms with Gasteiger partial charge in [-0.3, -0.25) is 9.69 Å². The van der Waals surface area contributed by atoms with Crippen molar-refractivity contribution in [2.75, 3.05) is 0 Å². The number of nitrogens with one attached hydrogen (secondary N) is 1. The summed E-state index contributed by atoms with van der Waals surface area (Å²) in [6.07, 6.45) is 4.74. The maximum Gasteiger partial charge on any atom is 0.252 e. The molecule has 1 fully saturated rings. The zero-order valence-electron chi connectivity index (χ0n) is 20.2. The number of hydrogen-bond donors (Lipinski definition) is 1. The van der Waals surface area contributed by atoms with Crippen LogP contribution in [0, 0.1) is 12.8 Å². The summed E-state index contributed by atoms with van der Waals surface area (Å²) in [6.45, 7) is 13.5. The molecule has 1 aromatic carbocycles. The molecular weight excluding hydrogens is 400 g/mol. The fourth-order valence-corrected chi connectivity index (χ4v) is 5.05. The largest absolute Gasteiger partial charge is 0.322 e. The van der Waals surface area contributed by atoms with Gasteiger partial charge < -0.3 is 4.98 Å². The highest BCUT2D eigenvalue weighted by molar-refractivity contribution is 5.79. The number of tetrazole rings is 1. The topological polar surface area (TPSA) is 79.7 Å². The molecule has 7 heteroatoms. The maximum atomic E-state index is 13.1. The van der Waals surface area contributed by atoms with Crippen LogP contribution in [-0.4, -0.2) is 36.1 Å². The van der Waals surface area contributed by atoms with E-state index in [2.05, 4.69) is 78.2 Å². The number of aromatic amines is 1. The zero-order valence-corrected chi connectivity index (χ0v) is 20.2. The van der Waals surface area contributed by atoms with Crippen LogP contribution < -0.4 is 5.56 Å². The lowest BCUT2D eigenvalue weighted by Crippen LogP contribution is -2.42. The van der Waals surface area contributed by atoms with Gasteiger partial charge in [-0.2, -0.15) is 0 Å². The predicted octanol–water partition coefficient (Wildman–Crippen LogP) is 4.72. The number of rotatable bonds is 6. The Labute approximate surface area is 190 Å². The SMILES string of the molecule is Cc1ccc2cc(CN(C3CCCC3)[C@@H](c3nnnn3C(C)(C)C)C(C)C)c(=O)[nH]c2c1. The highest BCUT2D eigenvalue weighted by atomic mass is 16.1. The summed E-state index contributed by atoms with van der Waals surface area (Å²) in [6, 6.07) is 8.71. The van der Waals surface area contributed by atoms with Crippen LogP contribution in [0.5, 0.6) is 0 Å². The van der Waals surface area contributed by atoms with Gasteiger partial charge in [-0.15, -0.1) is 5.10 Å². The molecule has 2 aromatic heterocycles. The predicted molar refractivity (Wildman–Crippen MR) is 127 cm³/mol. The molecule has 1 aliphatic carbocycles. The highest BCUT2D eigenvalue weighted by Crippen LogP contribution is 2.36. The number of aryl methyl sites for hydroxylation is 1. The van der Waals surface area contributed by atoms with Crippen LogP contribution in [0.4, 0.5) is 0 Å². The lowest BCUT2D eigenvalue weighted by atomic mass is 9.96. The molecule has 0 radical (unpaired) electrons. The van der Waals surface area contributed by atoms with Gasteiger partial charge in [-0.05, 0) is 80.0 Å². The first-order chi connectivity index (χ1) is 15.1. The summed E-state index contributed by atoms with van der Waals surface area (Å²) in [4.78, 5) is 18.7. The van der Waals surface area contributed by atoms with Crippen molar-refractivity contribution < 1.29 is 0 Å². The molecule has 1 aliphatic rings. The summed E-state index contributed by atoms with van der Waals surface area (Å²) in [7, 11) is 0. The van der Waals surface area contributed by atoms with Crippen LogP contribution in [0.15, 0.2) is 29.1 Å². The average Bonchev–Trinajstić information content (AvgIpc) is 3.39. The molecule has 0 aliphatic heterocycles. The van der Waals surface area contributed by atoms with Gasteiger partial charge in [0, 0.05) is 23.7 Å². The minimum absolute atomic E-state index is 0.0102. The first kappa shape index (κ1) is 22.6. The van der Waals surface area contributed by atoms with Crippen molar-refractivity contribution in [1.29, 1.82) is 0 Å². The van der Waals surface area contributed by atoms with Crippen molar-refractivity contribution in [3.63, 3.8) is 0 Å². The Bertz CT molecular complexity index is 1130. The van der Waals surface area contributed by atoms with Gasteiger partial charge in [0.1, 0.15) is 0 Å². The Morgan fingerprint density at radius 3 is 2.56 bits per heavy atom. The third kappa shape index (κ3) is 4.49. The first-order valence-electron chi connectivity index (χ1n) is 11.8. The number of fused-ring (bicyclic) bond motifs is 1. The molecule has 32 heavy (non-hydrogen) atoms. The molecule has 3 aromatic rings. The van der Waals surface area contributed by atoms with Gasteiger partial charge in [0.15, 0.2) is 5.82 Å². The molecule has 1 N–H and O–H groups in total. The summed E-state index contributed by atoms with van der Waals surface area (Å²) >= 11 is 0. The number of benzene rings is 1. The third-order valence-corrected chi connectivity index (χ3v) is 6.61. The minimum atomic E-state index is -0.217. The Balaban J connectivity index is 1.78. The number of aromatic nitrogens is 5. The van der Waals surface area contributed by atoms with Crippen LogP contribution in [0.3, 0.4) is 0 Å². The van der Waals surface area contributed by atoms with Gasteiger partial charge >= 0.3 is 0 Å². The van der Waals surface area contributed by atoms with Gasteiger partial charge in [0.05, 0.1) is 11.6 Å². The quantitative estimate of drug-likeness (QED) is 0.605. The Morgan fingerprint density at radius 2 is 1.91 bits per heavy atom. The van der Waals surface area contributed by atoms with Gasteiger partial charge in [0.2, 0.25) is 0 Å². The van der Waals surface area contributed by atoms with E-state index in [4.69, 9.17) is 0 Å². The maximum absolute atomic E-state index is 13.1. The molecule has 1 atom stereocenters. The lowest BCUT2D eigenvalue weighted by Gasteiger charge is -2.39. The second kappa shape index (κ2) is 8.77. The van der Waals surface area contributed by atoms with E-state index in [1.54, 1.807) is 0 Å². The van der Waals surface area contributed by atoms with E-state index in [9.17, 15) is 4.79 Å². The van der Waals surface area contributed by atoms with E-state index in [0.29, 0.717) is 18.5 Å². The molecule has 1 saturated carbocycles. The second-order valence-corrected chi connectivity index (χ2v) is 10.6. The monoisotopic (exact) mass is 436 g/mol. The number of pyridine rings is 1. The van der Waals surface area contributed by atoms with E-state index in [1.807, 2.05) is 17.7 Å². The molecule has 7 nitrogen and oxygen atoms in total. The van der Waals surface area contributed by atoms with Crippen molar-refractivity contribution in [2.45, 2.75) is 91.4 Å². The van der Waals surface area contributed by atoms with E-state index >= 15 is 0 Å². The number of H-pyrrole nitrogens is 1. The standard InChI is InChI=1S/C25H36N6O/c1-16(2)22(23-27-28-29-31(23)25(4,5)6)30(20-9-7-8-10-20)15-19-14-18-12-11-17(3)13-21(18)26-24(19)32/h11-14,16,20,22H,7-10,15H2,1-6H3,(H,26,32)/t22-/m1/s1. The van der Waals surface area contributed by atoms with Gasteiger partial charge in [0.25, 0.3) is 5.56 Å². The second-order valence-electron chi connectivity index (χ2n) is 10.6. The molecule has 0 unspecified atom stereocenters. The molecule has 4 rings (SSSR count). The summed E-state index contributed by atoms with van der Waals surface area (Å²) < 4.78 is 1.95. The Hall–Kier alpha value is -2.54. The van der Waals surface area contributed by atoms with Crippen LogP contribution in [-0.2, 0) is 12.1 Å². The fraction of sp³-hybridized carbons (Fsp3) is 0.600. The molecule has 172 valence electrons. The Morgan fingerprint density at radius 1 is 1.19 bits per heavy atom. The summed E-state index contributed by atoms with van der Waals surface area (Å²) in [5.41, 5.74) is 2.61. The first-order valence-corrected chi connectivity index (χ1v) is 11.8. The van der Waals surface area contributed by atoms with Gasteiger partial charge in [-0.1, -0.05) is 38.8 Å². The summed E-state index contributed by atoms with van der Waals surface area (Å²) in [5, 5.41) is 13.9. The van der Waals surface area contributed by atoms with Crippen LogP contribution in [0.1, 0.15) is 83.3 Å². The molecular formula is C25H36N6O. The van der Waals surface area contributed by atoms with E-state index in [0.717, 1.165) is 40.7 Å². The van der Waals surface area contributed by atoms with E-state index < -0.39 is 0 Å².